The molecule has 0 saturated heterocycles. The molecule has 3 heteroatoms. The molecule has 0 fully saturated rings. The largest absolute Gasteiger partial charge is 0.398 e. The Labute approximate surface area is 123 Å². The lowest BCUT2D eigenvalue weighted by molar-refractivity contribution is 0.271. The van der Waals surface area contributed by atoms with Crippen LogP contribution in [0.1, 0.15) is 18.1 Å². The van der Waals surface area contributed by atoms with Gasteiger partial charge in [0.05, 0.1) is 0 Å². The highest BCUT2D eigenvalue weighted by atomic mass is 79.9. The Bertz CT molecular complexity index is 526. The van der Waals surface area contributed by atoms with Crippen LogP contribution >= 0.6 is 15.9 Å². The van der Waals surface area contributed by atoms with Crippen LogP contribution in [-0.4, -0.2) is 11.4 Å². The van der Waals surface area contributed by atoms with E-state index in [0.717, 1.165) is 29.8 Å². The molecule has 2 rings (SSSR count). The van der Waals surface area contributed by atoms with Gasteiger partial charge in [-0.3, -0.25) is 4.90 Å². The number of rotatable bonds is 5. The van der Waals surface area contributed by atoms with E-state index >= 15 is 0 Å². The summed E-state index contributed by atoms with van der Waals surface area (Å²) in [6.45, 7) is 5.05. The van der Waals surface area contributed by atoms with Gasteiger partial charge in [-0.1, -0.05) is 49.4 Å². The smallest absolute Gasteiger partial charge is 0.0461 e. The Morgan fingerprint density at radius 1 is 1.00 bits per heavy atom. The molecule has 0 radical (unpaired) electrons. The average Bonchev–Trinajstić information content (AvgIpc) is 2.44. The molecule has 0 aliphatic rings. The first-order valence-electron chi connectivity index (χ1n) is 6.50. The Hall–Kier alpha value is -1.32. The van der Waals surface area contributed by atoms with E-state index in [2.05, 4.69) is 58.1 Å². The Morgan fingerprint density at radius 2 is 1.74 bits per heavy atom. The highest BCUT2D eigenvalue weighted by Crippen LogP contribution is 2.25. The molecular formula is C16H19BrN2. The standard InChI is InChI=1S/C16H19BrN2/c1-2-19(11-13-7-4-3-5-8-13)12-14-9-6-10-15(18)16(14)17/h3-10H,2,11-12,18H2,1H3. The summed E-state index contributed by atoms with van der Waals surface area (Å²) in [6, 6.07) is 16.6. The van der Waals surface area contributed by atoms with E-state index in [0.29, 0.717) is 0 Å². The number of benzene rings is 2. The van der Waals surface area contributed by atoms with Gasteiger partial charge >= 0.3 is 0 Å². The minimum Gasteiger partial charge on any atom is -0.398 e. The van der Waals surface area contributed by atoms with Crippen LogP contribution in [0.5, 0.6) is 0 Å². The monoisotopic (exact) mass is 318 g/mol. The van der Waals surface area contributed by atoms with E-state index < -0.39 is 0 Å². The number of hydrogen-bond donors (Lipinski definition) is 1. The number of nitrogens with two attached hydrogens (primary N) is 1. The van der Waals surface area contributed by atoms with Crippen LogP contribution in [-0.2, 0) is 13.1 Å². The predicted molar refractivity (Wildman–Crippen MR) is 84.8 cm³/mol. The quantitative estimate of drug-likeness (QED) is 0.842. The topological polar surface area (TPSA) is 29.3 Å². The van der Waals surface area contributed by atoms with E-state index in [9.17, 15) is 0 Å². The van der Waals surface area contributed by atoms with E-state index in [1.165, 1.54) is 11.1 Å². The maximum absolute atomic E-state index is 5.92. The second-order valence-electron chi connectivity index (χ2n) is 4.61. The predicted octanol–water partition coefficient (Wildman–Crippen LogP) is 4.05. The third-order valence-corrected chi connectivity index (χ3v) is 4.17. The molecule has 0 unspecified atom stereocenters. The summed E-state index contributed by atoms with van der Waals surface area (Å²) in [6.07, 6.45) is 0. The van der Waals surface area contributed by atoms with Crippen LogP contribution < -0.4 is 5.73 Å². The first kappa shape index (κ1) is 14.1. The van der Waals surface area contributed by atoms with Crippen molar-refractivity contribution in [1.82, 2.24) is 4.90 Å². The van der Waals surface area contributed by atoms with Crippen LogP contribution in [0.3, 0.4) is 0 Å². The molecule has 0 aliphatic heterocycles. The van der Waals surface area contributed by atoms with Gasteiger partial charge in [0.15, 0.2) is 0 Å². The van der Waals surface area contributed by atoms with Gasteiger partial charge in [0, 0.05) is 23.2 Å². The van der Waals surface area contributed by atoms with Crippen molar-refractivity contribution in [2.24, 2.45) is 0 Å². The molecule has 0 aliphatic carbocycles. The van der Waals surface area contributed by atoms with E-state index in [1.54, 1.807) is 0 Å². The number of nitrogen functional groups attached to an aromatic ring is 1. The average molecular weight is 319 g/mol. The summed E-state index contributed by atoms with van der Waals surface area (Å²) in [4.78, 5) is 2.40. The second-order valence-corrected chi connectivity index (χ2v) is 5.40. The van der Waals surface area contributed by atoms with Gasteiger partial charge in [-0.15, -0.1) is 0 Å². The van der Waals surface area contributed by atoms with E-state index in [-0.39, 0.29) is 0 Å². The van der Waals surface area contributed by atoms with Gasteiger partial charge in [0.2, 0.25) is 0 Å². The summed E-state index contributed by atoms with van der Waals surface area (Å²) in [5.74, 6) is 0. The Morgan fingerprint density at radius 3 is 2.42 bits per heavy atom. The molecule has 2 nitrogen and oxygen atoms in total. The lowest BCUT2D eigenvalue weighted by Gasteiger charge is -2.21. The van der Waals surface area contributed by atoms with Gasteiger partial charge in [0.25, 0.3) is 0 Å². The van der Waals surface area contributed by atoms with Crippen molar-refractivity contribution in [3.63, 3.8) is 0 Å². The summed E-state index contributed by atoms with van der Waals surface area (Å²) < 4.78 is 1.02. The van der Waals surface area contributed by atoms with Crippen molar-refractivity contribution in [1.29, 1.82) is 0 Å². The summed E-state index contributed by atoms with van der Waals surface area (Å²) >= 11 is 3.57. The van der Waals surface area contributed by atoms with Crippen LogP contribution in [0, 0.1) is 0 Å². The van der Waals surface area contributed by atoms with Crippen molar-refractivity contribution < 1.29 is 0 Å². The van der Waals surface area contributed by atoms with E-state index in [1.807, 2.05) is 18.2 Å². The molecule has 2 aromatic carbocycles. The summed E-state index contributed by atoms with van der Waals surface area (Å²) in [5, 5.41) is 0. The van der Waals surface area contributed by atoms with Crippen LogP contribution in [0.4, 0.5) is 5.69 Å². The third kappa shape index (κ3) is 3.82. The molecule has 0 saturated carbocycles. The van der Waals surface area contributed by atoms with Gasteiger partial charge in [-0.05, 0) is 39.7 Å². The minimum absolute atomic E-state index is 0.799. The Kier molecular flexibility index (Phi) is 5.00. The van der Waals surface area contributed by atoms with Gasteiger partial charge < -0.3 is 5.73 Å². The number of hydrogen-bond acceptors (Lipinski definition) is 2. The van der Waals surface area contributed by atoms with Crippen LogP contribution in [0.15, 0.2) is 53.0 Å². The number of nitrogens with zero attached hydrogens (tertiary/aromatic N) is 1. The molecule has 2 N–H and O–H groups in total. The molecule has 2 aromatic rings. The van der Waals surface area contributed by atoms with Gasteiger partial charge in [0.1, 0.15) is 0 Å². The molecule has 0 bridgehead atoms. The van der Waals surface area contributed by atoms with Crippen molar-refractivity contribution in [3.05, 3.63) is 64.1 Å². The normalized spacial score (nSPS) is 10.9. The zero-order chi connectivity index (χ0) is 13.7. The highest BCUT2D eigenvalue weighted by molar-refractivity contribution is 9.10. The van der Waals surface area contributed by atoms with Gasteiger partial charge in [-0.25, -0.2) is 0 Å². The van der Waals surface area contributed by atoms with E-state index in [4.69, 9.17) is 5.73 Å². The fraction of sp³-hybridized carbons (Fsp3) is 0.250. The third-order valence-electron chi connectivity index (χ3n) is 3.20. The molecule has 0 atom stereocenters. The SMILES string of the molecule is CCN(Cc1ccccc1)Cc1cccc(N)c1Br. The second kappa shape index (κ2) is 6.73. The first-order chi connectivity index (χ1) is 9.20. The number of halogens is 1. The summed E-state index contributed by atoms with van der Waals surface area (Å²) in [5.41, 5.74) is 9.30. The first-order valence-corrected chi connectivity index (χ1v) is 7.29. The molecule has 0 aromatic heterocycles. The molecular weight excluding hydrogens is 300 g/mol. The van der Waals surface area contributed by atoms with Crippen molar-refractivity contribution in [3.8, 4) is 0 Å². The van der Waals surface area contributed by atoms with Crippen LogP contribution in [0.2, 0.25) is 0 Å². The molecule has 100 valence electrons. The lowest BCUT2D eigenvalue weighted by Crippen LogP contribution is -2.22. The molecule has 0 spiro atoms. The zero-order valence-electron chi connectivity index (χ0n) is 11.1. The number of anilines is 1. The van der Waals surface area contributed by atoms with Crippen molar-refractivity contribution in [2.45, 2.75) is 20.0 Å². The van der Waals surface area contributed by atoms with Crippen LogP contribution in [0.25, 0.3) is 0 Å². The highest BCUT2D eigenvalue weighted by Gasteiger charge is 2.08. The summed E-state index contributed by atoms with van der Waals surface area (Å²) in [7, 11) is 0. The Balaban J connectivity index is 2.09. The fourth-order valence-corrected chi connectivity index (χ4v) is 2.47. The maximum atomic E-state index is 5.92. The zero-order valence-corrected chi connectivity index (χ0v) is 12.7. The molecule has 0 heterocycles. The molecule has 19 heavy (non-hydrogen) atoms. The molecule has 0 amide bonds. The van der Waals surface area contributed by atoms with Gasteiger partial charge in [-0.2, -0.15) is 0 Å². The van der Waals surface area contributed by atoms with Crippen molar-refractivity contribution >= 4 is 21.6 Å². The lowest BCUT2D eigenvalue weighted by atomic mass is 10.1. The minimum atomic E-state index is 0.799. The maximum Gasteiger partial charge on any atom is 0.0461 e. The fourth-order valence-electron chi connectivity index (χ4n) is 2.08. The van der Waals surface area contributed by atoms with Crippen molar-refractivity contribution in [2.75, 3.05) is 12.3 Å².